The van der Waals surface area contributed by atoms with Crippen LogP contribution < -0.4 is 5.32 Å². The normalized spacial score (nSPS) is 34.8. The smallest absolute Gasteiger partial charge is 0.0195 e. The van der Waals surface area contributed by atoms with Crippen molar-refractivity contribution in [2.75, 3.05) is 19.6 Å². The molecule has 0 aromatic carbocycles. The molecule has 2 rings (SSSR count). The molecule has 2 atom stereocenters. The lowest BCUT2D eigenvalue weighted by molar-refractivity contribution is 0.0677. The van der Waals surface area contributed by atoms with Gasteiger partial charge in [0, 0.05) is 18.6 Å². The molecule has 2 heteroatoms. The summed E-state index contributed by atoms with van der Waals surface area (Å²) in [7, 11) is 0. The highest BCUT2D eigenvalue weighted by Crippen LogP contribution is 2.37. The second kappa shape index (κ2) is 5.71. The van der Waals surface area contributed by atoms with Crippen LogP contribution in [0.2, 0.25) is 0 Å². The lowest BCUT2D eigenvalue weighted by atomic mass is 9.74. The SMILES string of the molecule is CCNC1CCCN(C2CCCC(C)(C)C2)C1. The minimum atomic E-state index is 0.577. The molecule has 0 bridgehead atoms. The average Bonchev–Trinajstić information content (AvgIpc) is 2.28. The lowest BCUT2D eigenvalue weighted by Gasteiger charge is -2.44. The van der Waals surface area contributed by atoms with Crippen molar-refractivity contribution in [3.8, 4) is 0 Å². The molecular weight excluding hydrogens is 208 g/mol. The summed E-state index contributed by atoms with van der Waals surface area (Å²) in [5.41, 5.74) is 0.577. The van der Waals surface area contributed by atoms with Crippen molar-refractivity contribution < 1.29 is 0 Å². The van der Waals surface area contributed by atoms with E-state index in [1.54, 1.807) is 0 Å². The Morgan fingerprint density at radius 3 is 2.76 bits per heavy atom. The molecule has 1 aliphatic heterocycles. The third kappa shape index (κ3) is 3.69. The summed E-state index contributed by atoms with van der Waals surface area (Å²) in [6.45, 7) is 10.9. The Bertz CT molecular complexity index is 235. The first kappa shape index (κ1) is 13.4. The summed E-state index contributed by atoms with van der Waals surface area (Å²) in [6, 6.07) is 1.61. The summed E-state index contributed by atoms with van der Waals surface area (Å²) >= 11 is 0. The van der Waals surface area contributed by atoms with Gasteiger partial charge in [0.15, 0.2) is 0 Å². The Morgan fingerprint density at radius 2 is 2.06 bits per heavy atom. The van der Waals surface area contributed by atoms with Gasteiger partial charge in [-0.05, 0) is 50.6 Å². The quantitative estimate of drug-likeness (QED) is 0.813. The molecule has 100 valence electrons. The van der Waals surface area contributed by atoms with Gasteiger partial charge in [0.25, 0.3) is 0 Å². The van der Waals surface area contributed by atoms with Gasteiger partial charge in [-0.15, -0.1) is 0 Å². The van der Waals surface area contributed by atoms with Crippen LogP contribution in [0.4, 0.5) is 0 Å². The van der Waals surface area contributed by atoms with Crippen LogP contribution in [0, 0.1) is 5.41 Å². The van der Waals surface area contributed by atoms with Crippen molar-refractivity contribution in [2.45, 2.75) is 71.4 Å². The fourth-order valence-electron chi connectivity index (χ4n) is 3.76. The second-order valence-electron chi connectivity index (χ2n) is 6.81. The van der Waals surface area contributed by atoms with Crippen LogP contribution in [0.3, 0.4) is 0 Å². The van der Waals surface area contributed by atoms with E-state index in [1.807, 2.05) is 0 Å². The van der Waals surface area contributed by atoms with Crippen LogP contribution in [-0.4, -0.2) is 36.6 Å². The van der Waals surface area contributed by atoms with Gasteiger partial charge in [-0.1, -0.05) is 27.2 Å². The van der Waals surface area contributed by atoms with E-state index >= 15 is 0 Å². The second-order valence-corrected chi connectivity index (χ2v) is 6.81. The molecule has 1 N–H and O–H groups in total. The van der Waals surface area contributed by atoms with Crippen LogP contribution in [0.15, 0.2) is 0 Å². The molecule has 17 heavy (non-hydrogen) atoms. The third-order valence-corrected chi connectivity index (χ3v) is 4.64. The Kier molecular flexibility index (Phi) is 4.48. The molecule has 2 aliphatic rings. The molecule has 1 heterocycles. The first-order chi connectivity index (χ1) is 8.11. The van der Waals surface area contributed by atoms with Crippen molar-refractivity contribution in [2.24, 2.45) is 5.41 Å². The van der Waals surface area contributed by atoms with Gasteiger partial charge in [-0.2, -0.15) is 0 Å². The van der Waals surface area contributed by atoms with Crippen LogP contribution >= 0.6 is 0 Å². The van der Waals surface area contributed by atoms with Gasteiger partial charge in [0.1, 0.15) is 0 Å². The molecule has 0 aromatic rings. The van der Waals surface area contributed by atoms with Crippen LogP contribution in [-0.2, 0) is 0 Å². The highest BCUT2D eigenvalue weighted by atomic mass is 15.2. The van der Waals surface area contributed by atoms with Gasteiger partial charge in [-0.25, -0.2) is 0 Å². The van der Waals surface area contributed by atoms with Crippen molar-refractivity contribution >= 4 is 0 Å². The fraction of sp³-hybridized carbons (Fsp3) is 1.00. The third-order valence-electron chi connectivity index (χ3n) is 4.64. The van der Waals surface area contributed by atoms with Gasteiger partial charge in [0.2, 0.25) is 0 Å². The molecule has 1 aliphatic carbocycles. The highest BCUT2D eigenvalue weighted by molar-refractivity contribution is 4.88. The van der Waals surface area contributed by atoms with E-state index in [0.717, 1.165) is 18.6 Å². The van der Waals surface area contributed by atoms with Gasteiger partial charge >= 0.3 is 0 Å². The number of hydrogen-bond acceptors (Lipinski definition) is 2. The summed E-state index contributed by atoms with van der Waals surface area (Å²) in [5, 5.41) is 3.63. The lowest BCUT2D eigenvalue weighted by Crippen LogP contribution is -2.51. The number of likely N-dealkylation sites (tertiary alicyclic amines) is 1. The topological polar surface area (TPSA) is 15.3 Å². The van der Waals surface area contributed by atoms with E-state index in [9.17, 15) is 0 Å². The van der Waals surface area contributed by atoms with Crippen molar-refractivity contribution in [1.82, 2.24) is 10.2 Å². The molecule has 0 spiro atoms. The van der Waals surface area contributed by atoms with E-state index in [-0.39, 0.29) is 0 Å². The monoisotopic (exact) mass is 238 g/mol. The predicted molar refractivity (Wildman–Crippen MR) is 74.3 cm³/mol. The molecule has 1 saturated carbocycles. The molecule has 0 aromatic heterocycles. The molecular formula is C15H30N2. The number of nitrogens with one attached hydrogen (secondary N) is 1. The Labute approximate surface area is 107 Å². The maximum atomic E-state index is 3.63. The number of piperidine rings is 1. The maximum Gasteiger partial charge on any atom is 0.0195 e. The van der Waals surface area contributed by atoms with E-state index < -0.39 is 0 Å². The fourth-order valence-corrected chi connectivity index (χ4v) is 3.76. The first-order valence-electron chi connectivity index (χ1n) is 7.58. The first-order valence-corrected chi connectivity index (χ1v) is 7.58. The van der Waals surface area contributed by atoms with E-state index in [2.05, 4.69) is 31.0 Å². The average molecular weight is 238 g/mol. The van der Waals surface area contributed by atoms with E-state index in [1.165, 1.54) is 51.6 Å². The summed E-state index contributed by atoms with van der Waals surface area (Å²) < 4.78 is 0. The number of nitrogens with zero attached hydrogens (tertiary/aromatic N) is 1. The van der Waals surface area contributed by atoms with Crippen LogP contribution in [0.1, 0.15) is 59.3 Å². The Hall–Kier alpha value is -0.0800. The van der Waals surface area contributed by atoms with Gasteiger partial charge < -0.3 is 5.32 Å². The van der Waals surface area contributed by atoms with Crippen molar-refractivity contribution in [3.63, 3.8) is 0 Å². The summed E-state index contributed by atoms with van der Waals surface area (Å²) in [4.78, 5) is 2.78. The number of hydrogen-bond donors (Lipinski definition) is 1. The molecule has 2 nitrogen and oxygen atoms in total. The van der Waals surface area contributed by atoms with Crippen LogP contribution in [0.5, 0.6) is 0 Å². The Balaban J connectivity index is 1.88. The van der Waals surface area contributed by atoms with Crippen LogP contribution in [0.25, 0.3) is 0 Å². The number of likely N-dealkylation sites (N-methyl/N-ethyl adjacent to an activating group) is 1. The zero-order valence-electron chi connectivity index (χ0n) is 12.0. The minimum Gasteiger partial charge on any atom is -0.313 e. The molecule has 0 amide bonds. The number of rotatable bonds is 3. The minimum absolute atomic E-state index is 0.577. The Morgan fingerprint density at radius 1 is 1.24 bits per heavy atom. The van der Waals surface area contributed by atoms with Gasteiger partial charge in [-0.3, -0.25) is 4.90 Å². The highest BCUT2D eigenvalue weighted by Gasteiger charge is 2.33. The standard InChI is InChI=1S/C15H30N2/c1-4-16-13-7-6-10-17(12-13)14-8-5-9-15(2,3)11-14/h13-14,16H,4-12H2,1-3H3. The molecule has 2 unspecified atom stereocenters. The maximum absolute atomic E-state index is 3.63. The van der Waals surface area contributed by atoms with E-state index in [4.69, 9.17) is 0 Å². The summed E-state index contributed by atoms with van der Waals surface area (Å²) in [5.74, 6) is 0. The predicted octanol–water partition coefficient (Wildman–Crippen LogP) is 3.03. The van der Waals surface area contributed by atoms with Crippen molar-refractivity contribution in [3.05, 3.63) is 0 Å². The molecule has 1 saturated heterocycles. The van der Waals surface area contributed by atoms with Crippen molar-refractivity contribution in [1.29, 1.82) is 0 Å². The molecule has 2 fully saturated rings. The van der Waals surface area contributed by atoms with E-state index in [0.29, 0.717) is 5.41 Å². The zero-order chi connectivity index (χ0) is 12.3. The molecule has 0 radical (unpaired) electrons. The largest absolute Gasteiger partial charge is 0.313 e. The zero-order valence-corrected chi connectivity index (χ0v) is 12.0. The summed E-state index contributed by atoms with van der Waals surface area (Å²) in [6.07, 6.45) is 8.46. The van der Waals surface area contributed by atoms with Gasteiger partial charge in [0.05, 0.1) is 0 Å².